The monoisotopic (exact) mass is 593 g/mol. The van der Waals surface area contributed by atoms with Crippen molar-refractivity contribution < 1.29 is 37.4 Å². The highest BCUT2D eigenvalue weighted by Crippen LogP contribution is 2.47. The van der Waals surface area contributed by atoms with Crippen molar-refractivity contribution in [1.82, 2.24) is 14.6 Å². The Morgan fingerprint density at radius 3 is 2.78 bits per heavy atom. The number of nitrogens with zero attached hydrogens (tertiary/aromatic N) is 1. The number of ether oxygens (including phenoxy) is 2. The Hall–Kier alpha value is -3.35. The van der Waals surface area contributed by atoms with Gasteiger partial charge >= 0.3 is 19.4 Å². The number of aliphatic hydroxyl groups excluding tert-OH is 1. The molecule has 5 atom stereocenters. The summed E-state index contributed by atoms with van der Waals surface area (Å²) in [5.41, 5.74) is -2.10. The van der Waals surface area contributed by atoms with Crippen LogP contribution in [-0.2, 0) is 23.4 Å². The number of aromatic amines is 1. The number of carbonyl (C=O) groups excluding carboxylic acids is 1. The predicted octanol–water partition coefficient (Wildman–Crippen LogP) is 3.39. The van der Waals surface area contributed by atoms with E-state index in [9.17, 15) is 28.4 Å². The fourth-order valence-electron chi connectivity index (χ4n) is 4.32. The van der Waals surface area contributed by atoms with E-state index in [0.717, 1.165) is 22.8 Å². The second-order valence-corrected chi connectivity index (χ2v) is 11.4. The van der Waals surface area contributed by atoms with Gasteiger partial charge < -0.3 is 19.1 Å². The maximum absolute atomic E-state index is 14.0. The van der Waals surface area contributed by atoms with Crippen LogP contribution in [0.15, 0.2) is 58.3 Å². The lowest BCUT2D eigenvalue weighted by Crippen LogP contribution is -2.36. The van der Waals surface area contributed by atoms with E-state index in [1.165, 1.54) is 6.92 Å². The van der Waals surface area contributed by atoms with Gasteiger partial charge in [-0.3, -0.25) is 23.7 Å². The Kier molecular flexibility index (Phi) is 10.1. The quantitative estimate of drug-likeness (QED) is 0.152. The van der Waals surface area contributed by atoms with E-state index in [-0.39, 0.29) is 18.8 Å². The van der Waals surface area contributed by atoms with Crippen LogP contribution in [0.1, 0.15) is 45.8 Å². The molecule has 0 bridgehead atoms. The minimum Gasteiger partial charge on any atom is -0.465 e. The third kappa shape index (κ3) is 7.69. The summed E-state index contributed by atoms with van der Waals surface area (Å²) in [6.07, 6.45) is -0.346. The van der Waals surface area contributed by atoms with Gasteiger partial charge in [0, 0.05) is 11.8 Å². The fourth-order valence-corrected chi connectivity index (χ4v) is 5.84. The number of aliphatic hydroxyl groups is 1. The molecule has 2 unspecified atom stereocenters. The lowest BCUT2D eigenvalue weighted by Gasteiger charge is -2.25. The SMILES string of the molecule is CCCCCOC(=O)[C@H](C)NP(=O)(OCC1O[C@@H](n2cc(F)c(=O)[nH]c2=O)C[C@H]1O)Oc1cccc2ccccc12. The number of halogens is 1. The molecule has 14 heteroatoms. The van der Waals surface area contributed by atoms with Crippen molar-refractivity contribution in [3.05, 3.63) is 75.3 Å². The van der Waals surface area contributed by atoms with E-state index in [0.29, 0.717) is 18.0 Å². The van der Waals surface area contributed by atoms with Gasteiger partial charge in [-0.15, -0.1) is 0 Å². The van der Waals surface area contributed by atoms with Gasteiger partial charge in [-0.1, -0.05) is 56.2 Å². The Balaban J connectivity index is 1.51. The summed E-state index contributed by atoms with van der Waals surface area (Å²) in [7, 11) is -4.31. The molecule has 0 saturated carbocycles. The van der Waals surface area contributed by atoms with Crippen molar-refractivity contribution >= 4 is 24.5 Å². The first-order valence-corrected chi connectivity index (χ1v) is 14.9. The maximum atomic E-state index is 14.0. The van der Waals surface area contributed by atoms with E-state index in [1.807, 2.05) is 30.1 Å². The number of benzene rings is 2. The first-order chi connectivity index (χ1) is 19.6. The van der Waals surface area contributed by atoms with Crippen LogP contribution in [0.25, 0.3) is 10.8 Å². The number of unbranched alkanes of at least 4 members (excludes halogenated alkanes) is 2. The lowest BCUT2D eigenvalue weighted by molar-refractivity contribution is -0.145. The van der Waals surface area contributed by atoms with Crippen LogP contribution in [0.5, 0.6) is 5.75 Å². The van der Waals surface area contributed by atoms with Gasteiger partial charge in [-0.2, -0.15) is 9.48 Å². The predicted molar refractivity (Wildman–Crippen MR) is 147 cm³/mol. The Morgan fingerprint density at radius 1 is 1.24 bits per heavy atom. The zero-order valence-electron chi connectivity index (χ0n) is 22.7. The van der Waals surface area contributed by atoms with Gasteiger partial charge in [-0.25, -0.2) is 9.36 Å². The molecule has 41 heavy (non-hydrogen) atoms. The molecule has 222 valence electrons. The Bertz CT molecular complexity index is 1520. The molecule has 1 fully saturated rings. The lowest BCUT2D eigenvalue weighted by atomic mass is 10.1. The smallest absolute Gasteiger partial charge is 0.459 e. The van der Waals surface area contributed by atoms with Crippen molar-refractivity contribution in [1.29, 1.82) is 0 Å². The Labute approximate surface area is 235 Å². The number of rotatable bonds is 13. The fraction of sp³-hybridized carbons (Fsp3) is 0.444. The van der Waals surface area contributed by atoms with E-state index in [4.69, 9.17) is 18.5 Å². The van der Waals surface area contributed by atoms with Crippen LogP contribution in [-0.4, -0.2) is 52.1 Å². The van der Waals surface area contributed by atoms with Crippen LogP contribution < -0.4 is 20.9 Å². The number of esters is 1. The summed E-state index contributed by atoms with van der Waals surface area (Å²) < 4.78 is 51.1. The van der Waals surface area contributed by atoms with Crippen molar-refractivity contribution in [3.63, 3.8) is 0 Å². The maximum Gasteiger partial charge on any atom is 0.459 e. The van der Waals surface area contributed by atoms with Gasteiger partial charge in [0.25, 0.3) is 5.56 Å². The number of aromatic nitrogens is 2. The molecule has 1 aromatic heterocycles. The van der Waals surface area contributed by atoms with Gasteiger partial charge in [0.15, 0.2) is 0 Å². The zero-order valence-corrected chi connectivity index (χ0v) is 23.6. The molecule has 3 N–H and O–H groups in total. The summed E-state index contributed by atoms with van der Waals surface area (Å²) in [5.74, 6) is -1.62. The highest BCUT2D eigenvalue weighted by molar-refractivity contribution is 7.52. The molecule has 3 aromatic rings. The number of hydrogen-bond acceptors (Lipinski definition) is 9. The third-order valence-electron chi connectivity index (χ3n) is 6.51. The average molecular weight is 594 g/mol. The van der Waals surface area contributed by atoms with Crippen LogP contribution in [0.2, 0.25) is 0 Å². The molecule has 0 spiro atoms. The van der Waals surface area contributed by atoms with Crippen molar-refractivity contribution in [2.24, 2.45) is 0 Å². The minimum atomic E-state index is -4.31. The largest absolute Gasteiger partial charge is 0.465 e. The van der Waals surface area contributed by atoms with Crippen LogP contribution in [0.4, 0.5) is 4.39 Å². The van der Waals surface area contributed by atoms with Gasteiger partial charge in [0.05, 0.1) is 25.5 Å². The molecule has 2 aromatic carbocycles. The summed E-state index contributed by atoms with van der Waals surface area (Å²) in [6.45, 7) is 3.21. The summed E-state index contributed by atoms with van der Waals surface area (Å²) >= 11 is 0. The number of hydrogen-bond donors (Lipinski definition) is 3. The number of nitrogens with one attached hydrogen (secondary N) is 2. The van der Waals surface area contributed by atoms with Crippen molar-refractivity contribution in [2.75, 3.05) is 13.2 Å². The summed E-state index contributed by atoms with van der Waals surface area (Å²) in [5, 5.41) is 14.6. The third-order valence-corrected chi connectivity index (χ3v) is 8.14. The second kappa shape index (κ2) is 13.5. The van der Waals surface area contributed by atoms with Gasteiger partial charge in [0.1, 0.15) is 24.1 Å². The van der Waals surface area contributed by atoms with Crippen molar-refractivity contribution in [2.45, 2.75) is 64.0 Å². The minimum absolute atomic E-state index is 0.137. The molecule has 1 aliphatic heterocycles. The molecule has 2 heterocycles. The second-order valence-electron chi connectivity index (χ2n) is 9.66. The highest BCUT2D eigenvalue weighted by Gasteiger charge is 2.40. The molecule has 12 nitrogen and oxygen atoms in total. The number of H-pyrrole nitrogens is 1. The first-order valence-electron chi connectivity index (χ1n) is 13.3. The van der Waals surface area contributed by atoms with Crippen LogP contribution in [0, 0.1) is 5.82 Å². The van der Waals surface area contributed by atoms with Gasteiger partial charge in [-0.05, 0) is 24.8 Å². The topological polar surface area (TPSA) is 158 Å². The molecule has 4 rings (SSSR count). The molecule has 1 saturated heterocycles. The molecule has 1 aliphatic rings. The van der Waals surface area contributed by atoms with E-state index >= 15 is 0 Å². The molecule has 0 radical (unpaired) electrons. The van der Waals surface area contributed by atoms with Gasteiger partial charge in [0.2, 0.25) is 5.82 Å². The molecule has 0 aliphatic carbocycles. The Morgan fingerprint density at radius 2 is 2.00 bits per heavy atom. The van der Waals surface area contributed by atoms with Crippen LogP contribution in [0.3, 0.4) is 0 Å². The highest BCUT2D eigenvalue weighted by atomic mass is 31.2. The molecule has 0 amide bonds. The van der Waals surface area contributed by atoms with Crippen LogP contribution >= 0.6 is 7.75 Å². The molecular formula is C27H33FN3O9P. The average Bonchev–Trinajstić information content (AvgIpc) is 3.32. The summed E-state index contributed by atoms with van der Waals surface area (Å²) in [4.78, 5) is 37.9. The standard InChI is InChI=1S/C27H33FN3O9P/c1-3-4-7-13-37-26(34)17(2)30-41(36,40-22-12-8-10-18-9-5-6-11-19(18)22)38-16-23-21(32)14-24(39-23)31-15-20(28)25(33)29-27(31)35/h5-6,8-12,15,17,21,23-24,32H,3-4,7,13-14,16H2,1-2H3,(H,30,36)(H,29,33,35)/t17-,21+,23?,24+,41?/m0/s1. The number of carbonyl (C=O) groups is 1. The zero-order chi connectivity index (χ0) is 29.6. The molecular weight excluding hydrogens is 560 g/mol. The normalized spacial score (nSPS) is 20.9. The van der Waals surface area contributed by atoms with E-state index in [2.05, 4.69) is 5.09 Å². The first kappa shape index (κ1) is 30.6. The van der Waals surface area contributed by atoms with E-state index in [1.54, 1.807) is 24.3 Å². The number of fused-ring (bicyclic) bond motifs is 1. The summed E-state index contributed by atoms with van der Waals surface area (Å²) in [6, 6.07) is 11.3. The van der Waals surface area contributed by atoms with E-state index < -0.39 is 61.9 Å². The van der Waals surface area contributed by atoms with Crippen molar-refractivity contribution in [3.8, 4) is 5.75 Å².